The molecule has 0 atom stereocenters. The van der Waals surface area contributed by atoms with Crippen LogP contribution in [0.4, 0.5) is 0 Å². The molecule has 0 amide bonds. The maximum absolute atomic E-state index is 11.8. The van der Waals surface area contributed by atoms with E-state index in [2.05, 4.69) is 44.4 Å². The third kappa shape index (κ3) is 3.83. The molecule has 0 spiro atoms. The summed E-state index contributed by atoms with van der Waals surface area (Å²) in [4.78, 5) is 27.8. The van der Waals surface area contributed by atoms with Crippen molar-refractivity contribution in [2.24, 2.45) is 0 Å². The van der Waals surface area contributed by atoms with Gasteiger partial charge in [0.2, 0.25) is 5.89 Å². The zero-order chi connectivity index (χ0) is 17.1. The van der Waals surface area contributed by atoms with Crippen molar-refractivity contribution in [2.75, 3.05) is 0 Å². The summed E-state index contributed by atoms with van der Waals surface area (Å²) in [5, 5.41) is 8.39. The van der Waals surface area contributed by atoms with Gasteiger partial charge in [-0.05, 0) is 19.4 Å². The number of thioether (sulfide) groups is 1. The first-order valence-electron chi connectivity index (χ1n) is 7.34. The number of nitrogens with zero attached hydrogens (tertiary/aromatic N) is 2. The van der Waals surface area contributed by atoms with Gasteiger partial charge in [0.25, 0.3) is 10.8 Å². The van der Waals surface area contributed by atoms with Crippen LogP contribution in [0.3, 0.4) is 0 Å². The van der Waals surface area contributed by atoms with Gasteiger partial charge in [0.05, 0.1) is 6.42 Å². The molecule has 24 heavy (non-hydrogen) atoms. The summed E-state index contributed by atoms with van der Waals surface area (Å²) in [6.07, 6.45) is 0.177. The quantitative estimate of drug-likeness (QED) is 0.686. The number of benzene rings is 1. The first-order valence-corrected chi connectivity index (χ1v) is 8.32. The lowest BCUT2D eigenvalue weighted by atomic mass is 10.2. The predicted molar refractivity (Wildman–Crippen MR) is 90.3 cm³/mol. The van der Waals surface area contributed by atoms with Crippen LogP contribution in [0, 0.1) is 13.8 Å². The Morgan fingerprint density at radius 3 is 2.54 bits per heavy atom. The molecule has 2 N–H and O–H groups in total. The number of nitrogens with one attached hydrogen (secondary N) is 2. The van der Waals surface area contributed by atoms with Crippen molar-refractivity contribution >= 4 is 11.8 Å². The Kier molecular flexibility index (Phi) is 4.66. The second-order valence-corrected chi connectivity index (χ2v) is 6.35. The highest BCUT2D eigenvalue weighted by Crippen LogP contribution is 2.22. The highest BCUT2D eigenvalue weighted by molar-refractivity contribution is 7.98. The molecule has 0 radical (unpaired) electrons. The minimum absolute atomic E-state index is 0.177. The molecule has 0 aliphatic heterocycles. The highest BCUT2D eigenvalue weighted by atomic mass is 32.2. The van der Waals surface area contributed by atoms with Crippen molar-refractivity contribution < 1.29 is 4.42 Å². The van der Waals surface area contributed by atoms with Crippen molar-refractivity contribution in [3.8, 4) is 0 Å². The fourth-order valence-corrected chi connectivity index (χ4v) is 2.92. The van der Waals surface area contributed by atoms with Crippen molar-refractivity contribution in [3.63, 3.8) is 0 Å². The molecule has 8 heteroatoms. The predicted octanol–water partition coefficient (Wildman–Crippen LogP) is 1.95. The molecule has 0 saturated carbocycles. The second-order valence-electron chi connectivity index (χ2n) is 5.42. The van der Waals surface area contributed by atoms with E-state index in [9.17, 15) is 9.59 Å². The molecule has 3 aromatic rings. The Morgan fingerprint density at radius 2 is 1.83 bits per heavy atom. The Bertz CT molecular complexity index is 956. The number of hydrogen-bond acceptors (Lipinski definition) is 6. The van der Waals surface area contributed by atoms with Gasteiger partial charge in [0.1, 0.15) is 0 Å². The number of H-pyrrole nitrogens is 2. The number of hydrogen-bond donors (Lipinski definition) is 2. The van der Waals surface area contributed by atoms with Crippen LogP contribution in [0.15, 0.2) is 43.5 Å². The van der Waals surface area contributed by atoms with E-state index in [1.54, 1.807) is 6.92 Å². The highest BCUT2D eigenvalue weighted by Gasteiger charge is 2.13. The summed E-state index contributed by atoms with van der Waals surface area (Å²) in [6, 6.07) is 8.23. The summed E-state index contributed by atoms with van der Waals surface area (Å²) >= 11 is 1.44. The summed E-state index contributed by atoms with van der Waals surface area (Å²) in [7, 11) is 0. The van der Waals surface area contributed by atoms with Gasteiger partial charge in [0, 0.05) is 17.0 Å². The molecule has 2 heterocycles. The maximum Gasteiger partial charge on any atom is 0.325 e. The zero-order valence-electron chi connectivity index (χ0n) is 13.3. The van der Waals surface area contributed by atoms with Gasteiger partial charge < -0.3 is 9.40 Å². The van der Waals surface area contributed by atoms with E-state index in [-0.39, 0.29) is 6.42 Å². The Hall–Kier alpha value is -2.61. The van der Waals surface area contributed by atoms with Crippen LogP contribution in [0.25, 0.3) is 0 Å². The van der Waals surface area contributed by atoms with Crippen LogP contribution in [-0.2, 0) is 12.2 Å². The monoisotopic (exact) mass is 344 g/mol. The van der Waals surface area contributed by atoms with Gasteiger partial charge in [-0.1, -0.05) is 41.6 Å². The normalized spacial score (nSPS) is 10.9. The van der Waals surface area contributed by atoms with Crippen LogP contribution in [0.5, 0.6) is 0 Å². The number of aryl methyl sites for hydroxylation is 2. The van der Waals surface area contributed by atoms with E-state index in [0.717, 1.165) is 5.75 Å². The van der Waals surface area contributed by atoms with E-state index in [1.165, 1.54) is 22.9 Å². The maximum atomic E-state index is 11.8. The largest absolute Gasteiger partial charge is 0.416 e. The van der Waals surface area contributed by atoms with Crippen molar-refractivity contribution in [1.82, 2.24) is 20.2 Å². The molecule has 124 valence electrons. The van der Waals surface area contributed by atoms with Crippen LogP contribution in [0.1, 0.15) is 28.3 Å². The zero-order valence-corrected chi connectivity index (χ0v) is 14.1. The van der Waals surface area contributed by atoms with Gasteiger partial charge >= 0.3 is 5.69 Å². The average molecular weight is 344 g/mol. The fourth-order valence-electron chi connectivity index (χ4n) is 2.19. The third-order valence-corrected chi connectivity index (χ3v) is 4.40. The topological polar surface area (TPSA) is 105 Å². The minimum Gasteiger partial charge on any atom is -0.416 e. The molecule has 3 rings (SSSR count). The molecule has 0 fully saturated rings. The first kappa shape index (κ1) is 16.3. The molecule has 7 nitrogen and oxygen atoms in total. The molecule has 0 saturated heterocycles. The van der Waals surface area contributed by atoms with Crippen molar-refractivity contribution in [3.05, 3.63) is 73.4 Å². The molecule has 0 unspecified atom stereocenters. The van der Waals surface area contributed by atoms with Crippen molar-refractivity contribution in [1.29, 1.82) is 0 Å². The Morgan fingerprint density at radius 1 is 1.08 bits per heavy atom. The SMILES string of the molecule is Cc1ccc(CSc2nnc(Cc3c(C)[nH]c(=O)[nH]c3=O)o2)cc1. The second kappa shape index (κ2) is 6.88. The summed E-state index contributed by atoms with van der Waals surface area (Å²) in [5.74, 6) is 1.06. The summed E-state index contributed by atoms with van der Waals surface area (Å²) < 4.78 is 5.57. The Labute approximate surface area is 141 Å². The van der Waals surface area contributed by atoms with E-state index >= 15 is 0 Å². The minimum atomic E-state index is -0.527. The fraction of sp³-hybridized carbons (Fsp3) is 0.250. The van der Waals surface area contributed by atoms with Gasteiger partial charge in [-0.15, -0.1) is 10.2 Å². The van der Waals surface area contributed by atoms with Crippen LogP contribution < -0.4 is 11.2 Å². The standard InChI is InChI=1S/C16H16N4O3S/c1-9-3-5-11(6-4-9)8-24-16-20-19-13(23-16)7-12-10(2)17-15(22)18-14(12)21/h3-6H,7-8H2,1-2H3,(H2,17,18,21,22). The lowest BCUT2D eigenvalue weighted by Crippen LogP contribution is -2.27. The van der Waals surface area contributed by atoms with Gasteiger partial charge in [-0.3, -0.25) is 9.78 Å². The molecular formula is C16H16N4O3S. The average Bonchev–Trinajstić information content (AvgIpc) is 2.98. The summed E-state index contributed by atoms with van der Waals surface area (Å²) in [5.41, 5.74) is 2.32. The molecule has 1 aromatic carbocycles. The molecule has 2 aromatic heterocycles. The van der Waals surface area contributed by atoms with Gasteiger partial charge in [-0.25, -0.2) is 4.79 Å². The van der Waals surface area contributed by atoms with E-state index < -0.39 is 11.2 Å². The van der Waals surface area contributed by atoms with Gasteiger partial charge in [-0.2, -0.15) is 0 Å². The van der Waals surface area contributed by atoms with Gasteiger partial charge in [0.15, 0.2) is 0 Å². The van der Waals surface area contributed by atoms with E-state index in [1.807, 2.05) is 6.92 Å². The molecule has 0 aliphatic carbocycles. The number of aromatic nitrogens is 4. The molecule has 0 aliphatic rings. The number of aromatic amines is 2. The molecular weight excluding hydrogens is 328 g/mol. The smallest absolute Gasteiger partial charge is 0.325 e. The first-order chi connectivity index (χ1) is 11.5. The van der Waals surface area contributed by atoms with E-state index in [0.29, 0.717) is 22.4 Å². The van der Waals surface area contributed by atoms with Crippen LogP contribution in [-0.4, -0.2) is 20.2 Å². The lowest BCUT2D eigenvalue weighted by molar-refractivity contribution is 0.419. The van der Waals surface area contributed by atoms with Crippen molar-refractivity contribution in [2.45, 2.75) is 31.2 Å². The lowest BCUT2D eigenvalue weighted by Gasteiger charge is -2.00. The Balaban J connectivity index is 1.69. The third-order valence-electron chi connectivity index (χ3n) is 3.51. The van der Waals surface area contributed by atoms with Crippen LogP contribution in [0.2, 0.25) is 0 Å². The van der Waals surface area contributed by atoms with E-state index in [4.69, 9.17) is 4.42 Å². The number of rotatable bonds is 5. The summed E-state index contributed by atoms with van der Waals surface area (Å²) in [6.45, 7) is 3.71. The van der Waals surface area contributed by atoms with Crippen LogP contribution >= 0.6 is 11.8 Å². The molecule has 0 bridgehead atoms.